The first kappa shape index (κ1) is 13.9. The number of hydrogen-bond donors (Lipinski definition) is 1. The van der Waals surface area contributed by atoms with Gasteiger partial charge in [0.15, 0.2) is 0 Å². The molecule has 2 rings (SSSR count). The second kappa shape index (κ2) is 5.64. The molecule has 3 heteroatoms. The minimum absolute atomic E-state index is 0.0987. The van der Waals surface area contributed by atoms with Crippen molar-refractivity contribution in [3.63, 3.8) is 0 Å². The smallest absolute Gasteiger partial charge is 0.310 e. The van der Waals surface area contributed by atoms with Crippen LogP contribution in [0.4, 0.5) is 5.69 Å². The highest BCUT2D eigenvalue weighted by Crippen LogP contribution is 2.36. The van der Waals surface area contributed by atoms with E-state index in [0.29, 0.717) is 17.5 Å². The summed E-state index contributed by atoms with van der Waals surface area (Å²) in [6.45, 7) is 4.55. The van der Waals surface area contributed by atoms with Crippen molar-refractivity contribution in [2.24, 2.45) is 5.41 Å². The quantitative estimate of drug-likeness (QED) is 0.670. The Kier molecular flexibility index (Phi) is 4.13. The van der Waals surface area contributed by atoms with E-state index in [9.17, 15) is 4.79 Å². The average molecular weight is 261 g/mol. The second-order valence-electron chi connectivity index (χ2n) is 6.28. The lowest BCUT2D eigenvalue weighted by atomic mass is 9.76. The van der Waals surface area contributed by atoms with Crippen LogP contribution in [0.1, 0.15) is 45.1 Å². The molecular weight excluding hydrogens is 238 g/mol. The molecule has 0 saturated heterocycles. The van der Waals surface area contributed by atoms with Gasteiger partial charge >= 0.3 is 5.97 Å². The molecule has 19 heavy (non-hydrogen) atoms. The molecule has 1 aliphatic carbocycles. The Morgan fingerprint density at radius 3 is 2.68 bits per heavy atom. The Morgan fingerprint density at radius 2 is 2.05 bits per heavy atom. The van der Waals surface area contributed by atoms with Gasteiger partial charge in [0.05, 0.1) is 6.42 Å². The number of hydrogen-bond acceptors (Lipinski definition) is 3. The zero-order valence-corrected chi connectivity index (χ0v) is 11.8. The molecule has 2 N–H and O–H groups in total. The zero-order valence-electron chi connectivity index (χ0n) is 11.8. The summed E-state index contributed by atoms with van der Waals surface area (Å²) in [5, 5.41) is 0. The van der Waals surface area contributed by atoms with Crippen molar-refractivity contribution < 1.29 is 9.53 Å². The van der Waals surface area contributed by atoms with E-state index < -0.39 is 0 Å². The summed E-state index contributed by atoms with van der Waals surface area (Å²) in [5.74, 6) is -0.143. The minimum Gasteiger partial charge on any atom is -0.462 e. The summed E-state index contributed by atoms with van der Waals surface area (Å²) < 4.78 is 5.55. The standard InChI is InChI=1S/C16H23NO2/c1-16(2)8-6-14(7-9-16)19-15(18)11-12-4-3-5-13(17)10-12/h3-5,10,14H,6-9,11,17H2,1-2H3. The number of carbonyl (C=O) groups is 1. The molecule has 1 aromatic carbocycles. The Hall–Kier alpha value is -1.51. The molecule has 0 heterocycles. The van der Waals surface area contributed by atoms with Gasteiger partial charge in [0.2, 0.25) is 0 Å². The normalized spacial score (nSPS) is 19.1. The lowest BCUT2D eigenvalue weighted by Gasteiger charge is -2.33. The molecular formula is C16H23NO2. The fourth-order valence-corrected chi connectivity index (χ4v) is 2.59. The fraction of sp³-hybridized carbons (Fsp3) is 0.562. The van der Waals surface area contributed by atoms with E-state index in [1.54, 1.807) is 0 Å². The second-order valence-corrected chi connectivity index (χ2v) is 6.28. The van der Waals surface area contributed by atoms with Crippen LogP contribution in [-0.4, -0.2) is 12.1 Å². The average Bonchev–Trinajstić information content (AvgIpc) is 2.32. The van der Waals surface area contributed by atoms with E-state index in [2.05, 4.69) is 13.8 Å². The van der Waals surface area contributed by atoms with Crippen molar-refractivity contribution in [3.05, 3.63) is 29.8 Å². The lowest BCUT2D eigenvalue weighted by Crippen LogP contribution is -2.28. The highest BCUT2D eigenvalue weighted by Gasteiger charge is 2.28. The number of nitrogens with two attached hydrogens (primary N) is 1. The van der Waals surface area contributed by atoms with E-state index in [4.69, 9.17) is 10.5 Å². The first-order chi connectivity index (χ1) is 8.94. The molecule has 0 unspecified atom stereocenters. The molecule has 1 aromatic rings. The van der Waals surface area contributed by atoms with Crippen LogP contribution in [0.2, 0.25) is 0 Å². The molecule has 0 bridgehead atoms. The monoisotopic (exact) mass is 261 g/mol. The maximum absolute atomic E-state index is 11.9. The Morgan fingerprint density at radius 1 is 1.37 bits per heavy atom. The van der Waals surface area contributed by atoms with Crippen molar-refractivity contribution in [2.75, 3.05) is 5.73 Å². The number of ether oxygens (including phenoxy) is 1. The number of benzene rings is 1. The summed E-state index contributed by atoms with van der Waals surface area (Å²) in [6, 6.07) is 7.41. The molecule has 1 aliphatic rings. The van der Waals surface area contributed by atoms with E-state index in [0.717, 1.165) is 31.2 Å². The molecule has 0 spiro atoms. The van der Waals surface area contributed by atoms with Crippen molar-refractivity contribution in [1.29, 1.82) is 0 Å². The first-order valence-corrected chi connectivity index (χ1v) is 6.98. The van der Waals surface area contributed by atoms with Crippen LogP contribution in [0.5, 0.6) is 0 Å². The van der Waals surface area contributed by atoms with Gasteiger partial charge in [-0.15, -0.1) is 0 Å². The van der Waals surface area contributed by atoms with Gasteiger partial charge in [-0.05, 0) is 48.8 Å². The third-order valence-electron chi connectivity index (χ3n) is 3.88. The van der Waals surface area contributed by atoms with E-state index in [1.165, 1.54) is 0 Å². The van der Waals surface area contributed by atoms with Crippen LogP contribution in [0.15, 0.2) is 24.3 Å². The molecule has 0 radical (unpaired) electrons. The maximum atomic E-state index is 11.9. The van der Waals surface area contributed by atoms with Gasteiger partial charge < -0.3 is 10.5 Å². The van der Waals surface area contributed by atoms with Crippen LogP contribution in [-0.2, 0) is 16.0 Å². The zero-order chi connectivity index (χ0) is 13.9. The lowest BCUT2D eigenvalue weighted by molar-refractivity contribution is -0.150. The number of esters is 1. The van der Waals surface area contributed by atoms with E-state index >= 15 is 0 Å². The van der Waals surface area contributed by atoms with Gasteiger partial charge in [0.25, 0.3) is 0 Å². The van der Waals surface area contributed by atoms with Crippen LogP contribution >= 0.6 is 0 Å². The highest BCUT2D eigenvalue weighted by atomic mass is 16.5. The summed E-state index contributed by atoms with van der Waals surface area (Å²) in [5.41, 5.74) is 7.70. The van der Waals surface area contributed by atoms with Crippen molar-refractivity contribution >= 4 is 11.7 Å². The van der Waals surface area contributed by atoms with Crippen LogP contribution < -0.4 is 5.73 Å². The van der Waals surface area contributed by atoms with Crippen LogP contribution in [0.25, 0.3) is 0 Å². The highest BCUT2D eigenvalue weighted by molar-refractivity contribution is 5.73. The first-order valence-electron chi connectivity index (χ1n) is 6.98. The largest absolute Gasteiger partial charge is 0.462 e. The van der Waals surface area contributed by atoms with Gasteiger partial charge in [0.1, 0.15) is 6.10 Å². The van der Waals surface area contributed by atoms with Gasteiger partial charge in [-0.3, -0.25) is 4.79 Å². The predicted molar refractivity (Wildman–Crippen MR) is 76.7 cm³/mol. The third kappa shape index (κ3) is 4.27. The summed E-state index contributed by atoms with van der Waals surface area (Å²) in [6.07, 6.45) is 4.63. The van der Waals surface area contributed by atoms with Gasteiger partial charge in [-0.1, -0.05) is 26.0 Å². The van der Waals surface area contributed by atoms with Crippen molar-refractivity contribution in [3.8, 4) is 0 Å². The molecule has 3 nitrogen and oxygen atoms in total. The molecule has 104 valence electrons. The summed E-state index contributed by atoms with van der Waals surface area (Å²) >= 11 is 0. The SMILES string of the molecule is CC1(C)CCC(OC(=O)Cc2cccc(N)c2)CC1. The van der Waals surface area contributed by atoms with Crippen molar-refractivity contribution in [2.45, 2.75) is 52.1 Å². The molecule has 0 aromatic heterocycles. The minimum atomic E-state index is -0.143. The third-order valence-corrected chi connectivity index (χ3v) is 3.88. The molecule has 0 aliphatic heterocycles. The van der Waals surface area contributed by atoms with E-state index in [1.807, 2.05) is 24.3 Å². The molecule has 0 amide bonds. The van der Waals surface area contributed by atoms with Gasteiger partial charge in [-0.25, -0.2) is 0 Å². The van der Waals surface area contributed by atoms with Crippen LogP contribution in [0, 0.1) is 5.41 Å². The molecule has 1 saturated carbocycles. The Balaban J connectivity index is 1.82. The predicted octanol–water partition coefficient (Wildman–Crippen LogP) is 3.32. The van der Waals surface area contributed by atoms with E-state index in [-0.39, 0.29) is 12.1 Å². The number of rotatable bonds is 3. The summed E-state index contributed by atoms with van der Waals surface area (Å²) in [4.78, 5) is 11.9. The van der Waals surface area contributed by atoms with Gasteiger partial charge in [-0.2, -0.15) is 0 Å². The topological polar surface area (TPSA) is 52.3 Å². The number of nitrogen functional groups attached to an aromatic ring is 1. The Bertz CT molecular complexity index is 444. The molecule has 0 atom stereocenters. The fourth-order valence-electron chi connectivity index (χ4n) is 2.59. The Labute approximate surface area is 115 Å². The maximum Gasteiger partial charge on any atom is 0.310 e. The summed E-state index contributed by atoms with van der Waals surface area (Å²) in [7, 11) is 0. The number of anilines is 1. The number of carbonyl (C=O) groups excluding carboxylic acids is 1. The van der Waals surface area contributed by atoms with Crippen LogP contribution in [0.3, 0.4) is 0 Å². The molecule has 1 fully saturated rings. The van der Waals surface area contributed by atoms with Crippen molar-refractivity contribution in [1.82, 2.24) is 0 Å². The van der Waals surface area contributed by atoms with Gasteiger partial charge in [0, 0.05) is 5.69 Å².